The lowest BCUT2D eigenvalue weighted by Gasteiger charge is -2.14. The Morgan fingerprint density at radius 1 is 0.429 bits per heavy atom. The van der Waals surface area contributed by atoms with Crippen LogP contribution in [0.5, 0.6) is 0 Å². The number of furan rings is 1. The average Bonchev–Trinajstić information content (AvgIpc) is 3.91. The van der Waals surface area contributed by atoms with E-state index in [0.29, 0.717) is 54.3 Å². The molecule has 0 aliphatic carbocycles. The number of hydrogen-bond donors (Lipinski definition) is 0. The van der Waals surface area contributed by atoms with Crippen LogP contribution in [-0.4, -0.2) is 15.0 Å². The average molecular weight is 740 g/mol. The molecule has 5 heteroatoms. The van der Waals surface area contributed by atoms with Crippen LogP contribution < -0.4 is 0 Å². The molecule has 0 amide bonds. The van der Waals surface area contributed by atoms with E-state index in [1.165, 1.54) is 0 Å². The summed E-state index contributed by atoms with van der Waals surface area (Å²) in [5.41, 5.74) is 7.40. The highest BCUT2D eigenvalue weighted by molar-refractivity contribution is 7.26. The molecule has 0 spiro atoms. The molecule has 0 aliphatic heterocycles. The fourth-order valence-corrected chi connectivity index (χ4v) is 8.46. The third-order valence-corrected chi connectivity index (χ3v) is 11.1. The van der Waals surface area contributed by atoms with Gasteiger partial charge in [-0.25, -0.2) is 15.0 Å². The van der Waals surface area contributed by atoms with E-state index < -0.39 is 0 Å². The molecule has 0 saturated carbocycles. The molecule has 4 nitrogen and oxygen atoms in total. The first-order chi connectivity index (χ1) is 30.3. The third kappa shape index (κ3) is 5.48. The lowest BCUT2D eigenvalue weighted by Crippen LogP contribution is -2.01. The Kier molecular flexibility index (Phi) is 6.29. The third-order valence-electron chi connectivity index (χ3n) is 10.1. The Morgan fingerprint density at radius 3 is 1.91 bits per heavy atom. The molecule has 0 saturated heterocycles. The lowest BCUT2D eigenvalue weighted by molar-refractivity contribution is 0.670. The van der Waals surface area contributed by atoms with Crippen molar-refractivity contribution in [2.24, 2.45) is 0 Å². The Balaban J connectivity index is 1.18. The van der Waals surface area contributed by atoms with Crippen LogP contribution in [0.2, 0.25) is 0 Å². The summed E-state index contributed by atoms with van der Waals surface area (Å²) in [6.45, 7) is 0. The maximum absolute atomic E-state index is 9.79. The molecule has 0 bridgehead atoms. The molecule has 11 rings (SSSR count). The van der Waals surface area contributed by atoms with Gasteiger partial charge in [0.25, 0.3) is 0 Å². The van der Waals surface area contributed by atoms with Gasteiger partial charge in [0.05, 0.1) is 8.22 Å². The van der Waals surface area contributed by atoms with Gasteiger partial charge in [-0.3, -0.25) is 0 Å². The number of aromatic nitrogens is 3. The zero-order chi connectivity index (χ0) is 42.2. The zero-order valence-electron chi connectivity index (χ0n) is 35.6. The first-order valence-electron chi connectivity index (χ1n) is 21.2. The Bertz CT molecular complexity index is 3590. The fraction of sp³-hybridized carbons (Fsp3) is 0. The highest BCUT2D eigenvalue weighted by Crippen LogP contribution is 2.44. The van der Waals surface area contributed by atoms with Crippen LogP contribution in [-0.2, 0) is 0 Å². The number of para-hydroxylation sites is 2. The van der Waals surface area contributed by atoms with Crippen LogP contribution in [0.25, 0.3) is 110 Å². The second-order valence-corrected chi connectivity index (χ2v) is 14.5. The molecular formula is C51H31N3OS. The molecule has 0 radical (unpaired) electrons. The summed E-state index contributed by atoms with van der Waals surface area (Å²) in [6.07, 6.45) is 0. The summed E-state index contributed by atoms with van der Waals surface area (Å²) in [5, 5.41) is 2.35. The zero-order valence-corrected chi connectivity index (χ0v) is 30.4. The highest BCUT2D eigenvalue weighted by atomic mass is 32.1. The smallest absolute Gasteiger partial charge is 0.164 e. The number of fused-ring (bicyclic) bond motifs is 6. The molecule has 56 heavy (non-hydrogen) atoms. The van der Waals surface area contributed by atoms with Crippen molar-refractivity contribution < 1.29 is 12.6 Å². The van der Waals surface area contributed by atoms with Gasteiger partial charge in [0.2, 0.25) is 0 Å². The van der Waals surface area contributed by atoms with Crippen LogP contribution >= 0.6 is 11.3 Å². The quantitative estimate of drug-likeness (QED) is 0.170. The molecule has 8 aromatic carbocycles. The second-order valence-electron chi connectivity index (χ2n) is 13.5. The van der Waals surface area contributed by atoms with Gasteiger partial charge in [0.1, 0.15) is 11.2 Å². The summed E-state index contributed by atoms with van der Waals surface area (Å²) in [5.74, 6) is 0.732. The van der Waals surface area contributed by atoms with Gasteiger partial charge in [-0.1, -0.05) is 158 Å². The summed E-state index contributed by atoms with van der Waals surface area (Å²) in [4.78, 5) is 15.0. The van der Waals surface area contributed by atoms with Crippen molar-refractivity contribution in [3.8, 4) is 67.5 Å². The molecule has 0 aliphatic rings. The Labute approximate surface area is 335 Å². The number of rotatable bonds is 6. The molecular weight excluding hydrogens is 703 g/mol. The molecule has 3 aromatic heterocycles. The SMILES string of the molecule is [2H]c1c([2H])c(-c2cccc3c2oc2ccccc23)c2c(sc3c([2H])c(-c4nc(-c5ccccc5)nc(-c5ccc(-c6ccccc6)cc5-c5ccccc5)n4)c([2H])c([2H])c32)c1[2H]. The van der Waals surface area contributed by atoms with Gasteiger partial charge in [0.15, 0.2) is 17.5 Å². The normalized spacial score (nSPS) is 13.1. The van der Waals surface area contributed by atoms with Crippen LogP contribution in [0.1, 0.15) is 8.22 Å². The Hall–Kier alpha value is -7.21. The van der Waals surface area contributed by atoms with E-state index in [0.717, 1.165) is 49.9 Å². The van der Waals surface area contributed by atoms with Gasteiger partial charge in [-0.2, -0.15) is 0 Å². The summed E-state index contributed by atoms with van der Waals surface area (Å²) >= 11 is 1.11. The predicted octanol–water partition coefficient (Wildman–Crippen LogP) is 14.1. The molecule has 0 N–H and O–H groups in total. The lowest BCUT2D eigenvalue weighted by atomic mass is 9.94. The summed E-state index contributed by atoms with van der Waals surface area (Å²) < 4.78 is 63.3. The minimum absolute atomic E-state index is 0.0433. The van der Waals surface area contributed by atoms with Crippen LogP contribution in [0.4, 0.5) is 0 Å². The predicted molar refractivity (Wildman–Crippen MR) is 233 cm³/mol. The van der Waals surface area contributed by atoms with Crippen molar-refractivity contribution in [3.63, 3.8) is 0 Å². The van der Waals surface area contributed by atoms with Gasteiger partial charge in [0, 0.05) is 53.2 Å². The van der Waals surface area contributed by atoms with E-state index in [-0.39, 0.29) is 53.0 Å². The first kappa shape index (κ1) is 26.5. The fourth-order valence-electron chi connectivity index (χ4n) is 7.44. The van der Waals surface area contributed by atoms with Crippen molar-refractivity contribution in [3.05, 3.63) is 188 Å². The van der Waals surface area contributed by atoms with E-state index >= 15 is 0 Å². The van der Waals surface area contributed by atoms with Gasteiger partial charge in [-0.15, -0.1) is 11.3 Å². The number of benzene rings is 8. The van der Waals surface area contributed by atoms with Gasteiger partial charge < -0.3 is 4.42 Å². The van der Waals surface area contributed by atoms with Crippen molar-refractivity contribution in [1.82, 2.24) is 15.0 Å². The highest BCUT2D eigenvalue weighted by Gasteiger charge is 2.20. The summed E-state index contributed by atoms with van der Waals surface area (Å²) in [6, 6.07) is 47.8. The van der Waals surface area contributed by atoms with Gasteiger partial charge in [-0.05, 0) is 58.1 Å². The number of nitrogens with zero attached hydrogens (tertiary/aromatic N) is 3. The van der Waals surface area contributed by atoms with E-state index in [4.69, 9.17) is 22.1 Å². The van der Waals surface area contributed by atoms with E-state index in [1.54, 1.807) is 0 Å². The van der Waals surface area contributed by atoms with E-state index in [2.05, 4.69) is 18.2 Å². The molecule has 11 aromatic rings. The molecule has 0 unspecified atom stereocenters. The molecule has 0 fully saturated rings. The number of hydrogen-bond acceptors (Lipinski definition) is 5. The first-order valence-corrected chi connectivity index (χ1v) is 19.0. The monoisotopic (exact) mass is 739 g/mol. The van der Waals surface area contributed by atoms with E-state index in [1.807, 2.05) is 133 Å². The van der Waals surface area contributed by atoms with Crippen molar-refractivity contribution >= 4 is 53.4 Å². The molecule has 0 atom stereocenters. The van der Waals surface area contributed by atoms with Crippen molar-refractivity contribution in [2.45, 2.75) is 0 Å². The maximum Gasteiger partial charge on any atom is 0.164 e. The minimum atomic E-state index is -0.279. The van der Waals surface area contributed by atoms with Crippen molar-refractivity contribution in [1.29, 1.82) is 0 Å². The second kappa shape index (κ2) is 13.3. The maximum atomic E-state index is 9.79. The summed E-state index contributed by atoms with van der Waals surface area (Å²) in [7, 11) is 0. The van der Waals surface area contributed by atoms with Crippen LogP contribution in [0.3, 0.4) is 0 Å². The minimum Gasteiger partial charge on any atom is -0.455 e. The topological polar surface area (TPSA) is 51.8 Å². The largest absolute Gasteiger partial charge is 0.455 e. The van der Waals surface area contributed by atoms with Crippen molar-refractivity contribution in [2.75, 3.05) is 0 Å². The number of thiophene rings is 1. The van der Waals surface area contributed by atoms with E-state index in [9.17, 15) is 5.48 Å². The van der Waals surface area contributed by atoms with Crippen LogP contribution in [0, 0.1) is 0 Å². The Morgan fingerprint density at radius 2 is 1.11 bits per heavy atom. The van der Waals surface area contributed by atoms with Gasteiger partial charge >= 0.3 is 0 Å². The molecule has 3 heterocycles. The van der Waals surface area contributed by atoms with Crippen LogP contribution in [0.15, 0.2) is 192 Å². The standard InChI is InChI=1S/C51H31N3OS/c1-4-14-32(15-5-1)35-26-28-41(43(30-35)33-16-6-2-7-17-33)51-53-49(34-18-8-3-9-19-34)52-50(54-51)36-27-29-42-46(31-36)56-45-25-13-21-38(47(42)45)40-23-12-22-39-37-20-10-11-24-44(37)55-48(39)40/h1-31H/i13D,21D,25D,27D,29D,31D. The molecule has 262 valence electrons.